The number of nitrogens with zero attached hydrogens (tertiary/aromatic N) is 1. The topological polar surface area (TPSA) is 58.4 Å². The van der Waals surface area contributed by atoms with E-state index in [1.54, 1.807) is 0 Å². The number of rotatable bonds is 3. The molecule has 1 rings (SSSR count). The van der Waals surface area contributed by atoms with E-state index in [-0.39, 0.29) is 11.9 Å². The predicted molar refractivity (Wildman–Crippen MR) is 50.9 cm³/mol. The molecule has 1 atom stereocenters. The van der Waals surface area contributed by atoms with Gasteiger partial charge in [-0.15, -0.1) is 12.3 Å². The molecule has 0 aliphatic carbocycles. The molecule has 0 radical (unpaired) electrons. The van der Waals surface area contributed by atoms with Gasteiger partial charge in [0.15, 0.2) is 0 Å². The molecule has 4 nitrogen and oxygen atoms in total. The zero-order valence-electron chi connectivity index (χ0n) is 7.62. The first-order valence-electron chi connectivity index (χ1n) is 4.43. The van der Waals surface area contributed by atoms with Crippen LogP contribution in [0.25, 0.3) is 0 Å². The lowest BCUT2D eigenvalue weighted by Gasteiger charge is -2.33. The van der Waals surface area contributed by atoms with Crippen molar-refractivity contribution in [2.24, 2.45) is 5.73 Å². The molecule has 0 saturated carbocycles. The maximum absolute atomic E-state index is 11.0. The summed E-state index contributed by atoms with van der Waals surface area (Å²) in [4.78, 5) is 13.1. The lowest BCUT2D eigenvalue weighted by atomic mass is 10.1. The van der Waals surface area contributed by atoms with Crippen molar-refractivity contribution in [3.63, 3.8) is 0 Å². The fourth-order valence-corrected chi connectivity index (χ4v) is 1.50. The second kappa shape index (κ2) is 4.85. The monoisotopic (exact) mass is 181 g/mol. The zero-order chi connectivity index (χ0) is 9.68. The van der Waals surface area contributed by atoms with Gasteiger partial charge in [-0.25, -0.2) is 0 Å². The van der Waals surface area contributed by atoms with Crippen LogP contribution in [0.2, 0.25) is 0 Å². The number of piperazine rings is 1. The third kappa shape index (κ3) is 2.72. The van der Waals surface area contributed by atoms with E-state index in [1.165, 1.54) is 0 Å². The number of carbonyl (C=O) groups excluding carboxylic acids is 1. The summed E-state index contributed by atoms with van der Waals surface area (Å²) in [7, 11) is 0. The van der Waals surface area contributed by atoms with E-state index in [0.717, 1.165) is 19.6 Å². The fourth-order valence-electron chi connectivity index (χ4n) is 1.50. The molecule has 1 fully saturated rings. The molecule has 0 aromatic rings. The van der Waals surface area contributed by atoms with Crippen molar-refractivity contribution in [2.75, 3.05) is 26.2 Å². The van der Waals surface area contributed by atoms with Gasteiger partial charge in [0, 0.05) is 32.6 Å². The van der Waals surface area contributed by atoms with Crippen LogP contribution in [-0.2, 0) is 4.79 Å². The van der Waals surface area contributed by atoms with Crippen LogP contribution in [0, 0.1) is 12.3 Å². The first-order valence-corrected chi connectivity index (χ1v) is 4.43. The van der Waals surface area contributed by atoms with E-state index in [9.17, 15) is 4.79 Å². The van der Waals surface area contributed by atoms with Crippen LogP contribution in [0.5, 0.6) is 0 Å². The van der Waals surface area contributed by atoms with Crippen molar-refractivity contribution in [1.29, 1.82) is 0 Å². The number of hydrogen-bond acceptors (Lipinski definition) is 3. The van der Waals surface area contributed by atoms with Crippen LogP contribution in [-0.4, -0.2) is 43.0 Å². The second-order valence-corrected chi connectivity index (χ2v) is 3.11. The summed E-state index contributed by atoms with van der Waals surface area (Å²) in [6.07, 6.45) is 5.83. The van der Waals surface area contributed by atoms with E-state index in [2.05, 4.69) is 11.2 Å². The third-order valence-electron chi connectivity index (χ3n) is 2.23. The summed E-state index contributed by atoms with van der Waals surface area (Å²) in [5.41, 5.74) is 5.26. The number of nitrogens with one attached hydrogen (secondary N) is 1. The second-order valence-electron chi connectivity index (χ2n) is 3.11. The summed E-state index contributed by atoms with van der Waals surface area (Å²) in [5.74, 6) is 2.29. The maximum Gasteiger partial charge on any atom is 0.236 e. The number of terminal acetylenes is 1. The molecule has 0 bridgehead atoms. The lowest BCUT2D eigenvalue weighted by Crippen LogP contribution is -2.56. The summed E-state index contributed by atoms with van der Waals surface area (Å²) in [6.45, 7) is 3.13. The highest BCUT2D eigenvalue weighted by molar-refractivity contribution is 5.80. The Hall–Kier alpha value is -1.05. The van der Waals surface area contributed by atoms with Crippen molar-refractivity contribution >= 4 is 5.91 Å². The van der Waals surface area contributed by atoms with Crippen molar-refractivity contribution in [3.8, 4) is 12.3 Å². The zero-order valence-corrected chi connectivity index (χ0v) is 7.62. The Labute approximate surface area is 78.5 Å². The van der Waals surface area contributed by atoms with Crippen molar-refractivity contribution < 1.29 is 4.79 Å². The quantitative estimate of drug-likeness (QED) is 0.536. The Morgan fingerprint density at radius 1 is 1.77 bits per heavy atom. The van der Waals surface area contributed by atoms with Crippen LogP contribution >= 0.6 is 0 Å². The molecule has 1 saturated heterocycles. The van der Waals surface area contributed by atoms with Crippen LogP contribution in [0.1, 0.15) is 6.42 Å². The smallest absolute Gasteiger partial charge is 0.236 e. The molecular formula is C9H15N3O. The van der Waals surface area contributed by atoms with E-state index >= 15 is 0 Å². The number of amides is 1. The van der Waals surface area contributed by atoms with Gasteiger partial charge in [-0.3, -0.25) is 9.69 Å². The molecule has 1 unspecified atom stereocenters. The first kappa shape index (κ1) is 10.0. The summed E-state index contributed by atoms with van der Waals surface area (Å²) in [6, 6.07) is -0.193. The molecule has 0 aromatic heterocycles. The largest absolute Gasteiger partial charge is 0.368 e. The Bertz CT molecular complexity index is 221. The normalized spacial score (nSPS) is 23.8. The highest BCUT2D eigenvalue weighted by Crippen LogP contribution is 2.02. The van der Waals surface area contributed by atoms with Crippen LogP contribution in [0.15, 0.2) is 0 Å². The molecule has 4 heteroatoms. The van der Waals surface area contributed by atoms with E-state index in [4.69, 9.17) is 12.2 Å². The summed E-state index contributed by atoms with van der Waals surface area (Å²) in [5, 5.41) is 3.13. The number of hydrogen-bond donors (Lipinski definition) is 2. The van der Waals surface area contributed by atoms with Crippen molar-refractivity contribution in [2.45, 2.75) is 12.5 Å². The Kier molecular flexibility index (Phi) is 3.74. The molecule has 3 N–H and O–H groups in total. The molecule has 1 heterocycles. The number of carbonyl (C=O) groups is 1. The minimum atomic E-state index is -0.274. The average molecular weight is 181 g/mol. The minimum Gasteiger partial charge on any atom is -0.368 e. The Morgan fingerprint density at radius 3 is 3.15 bits per heavy atom. The van der Waals surface area contributed by atoms with Gasteiger partial charge in [0.2, 0.25) is 5.91 Å². The van der Waals surface area contributed by atoms with E-state index in [1.807, 2.05) is 4.90 Å². The van der Waals surface area contributed by atoms with E-state index in [0.29, 0.717) is 13.0 Å². The Morgan fingerprint density at radius 2 is 2.54 bits per heavy atom. The van der Waals surface area contributed by atoms with Gasteiger partial charge in [-0.05, 0) is 0 Å². The standard InChI is InChI=1S/C9H15N3O/c1-2-3-5-12-6-4-11-7-8(12)9(10)13/h1,8,11H,3-7H2,(H2,10,13). The minimum absolute atomic E-state index is 0.193. The van der Waals surface area contributed by atoms with Gasteiger partial charge in [-0.2, -0.15) is 0 Å². The maximum atomic E-state index is 11.0. The highest BCUT2D eigenvalue weighted by Gasteiger charge is 2.25. The molecule has 0 spiro atoms. The number of nitrogens with two attached hydrogens (primary N) is 1. The average Bonchev–Trinajstić information content (AvgIpc) is 2.15. The first-order chi connectivity index (χ1) is 6.25. The van der Waals surface area contributed by atoms with Crippen molar-refractivity contribution in [3.05, 3.63) is 0 Å². The van der Waals surface area contributed by atoms with Crippen LogP contribution in [0.3, 0.4) is 0 Å². The molecular weight excluding hydrogens is 166 g/mol. The third-order valence-corrected chi connectivity index (χ3v) is 2.23. The van der Waals surface area contributed by atoms with Gasteiger partial charge in [-0.1, -0.05) is 0 Å². The van der Waals surface area contributed by atoms with E-state index < -0.39 is 0 Å². The number of primary amides is 1. The Balaban J connectivity index is 2.47. The summed E-state index contributed by atoms with van der Waals surface area (Å²) < 4.78 is 0. The van der Waals surface area contributed by atoms with Gasteiger partial charge in [0.25, 0.3) is 0 Å². The molecule has 72 valence electrons. The summed E-state index contributed by atoms with van der Waals surface area (Å²) >= 11 is 0. The SMILES string of the molecule is C#CCCN1CCNCC1C(N)=O. The predicted octanol–water partition coefficient (Wildman–Crippen LogP) is -1.23. The fraction of sp³-hybridized carbons (Fsp3) is 0.667. The van der Waals surface area contributed by atoms with Gasteiger partial charge >= 0.3 is 0 Å². The van der Waals surface area contributed by atoms with Crippen LogP contribution in [0.4, 0.5) is 0 Å². The molecule has 1 aliphatic rings. The molecule has 1 amide bonds. The van der Waals surface area contributed by atoms with Crippen LogP contribution < -0.4 is 11.1 Å². The van der Waals surface area contributed by atoms with Gasteiger partial charge < -0.3 is 11.1 Å². The molecule has 0 aromatic carbocycles. The highest BCUT2D eigenvalue weighted by atomic mass is 16.1. The molecule has 1 aliphatic heterocycles. The molecule has 13 heavy (non-hydrogen) atoms. The van der Waals surface area contributed by atoms with Crippen molar-refractivity contribution in [1.82, 2.24) is 10.2 Å². The lowest BCUT2D eigenvalue weighted by molar-refractivity contribution is -0.123. The van der Waals surface area contributed by atoms with Gasteiger partial charge in [0.05, 0.1) is 0 Å². The van der Waals surface area contributed by atoms with Gasteiger partial charge in [0.1, 0.15) is 6.04 Å².